The number of fused-ring (bicyclic) bond motifs is 1. The third-order valence-electron chi connectivity index (χ3n) is 3.40. The van der Waals surface area contributed by atoms with Crippen LogP contribution in [0.2, 0.25) is 0 Å². The molecule has 0 bridgehead atoms. The van der Waals surface area contributed by atoms with Crippen LogP contribution in [0.4, 0.5) is 5.82 Å². The summed E-state index contributed by atoms with van der Waals surface area (Å²) in [4.78, 5) is 9.24. The normalized spacial score (nSPS) is 11.2. The van der Waals surface area contributed by atoms with E-state index in [4.69, 9.17) is 0 Å². The molecule has 0 saturated heterocycles. The Bertz CT molecular complexity index is 756. The largest absolute Gasteiger partial charge is 0.369 e. The molecule has 21 heavy (non-hydrogen) atoms. The third kappa shape index (κ3) is 2.58. The zero-order valence-electron chi connectivity index (χ0n) is 12.5. The number of nitrogens with one attached hydrogen (secondary N) is 1. The Morgan fingerprint density at radius 2 is 2.10 bits per heavy atom. The highest BCUT2D eigenvalue weighted by Gasteiger charge is 2.12. The first kappa shape index (κ1) is 13.5. The third-order valence-corrected chi connectivity index (χ3v) is 3.40. The lowest BCUT2D eigenvalue weighted by Gasteiger charge is -2.09. The molecule has 0 unspecified atom stereocenters. The molecule has 0 fully saturated rings. The number of aromatic nitrogens is 6. The van der Waals surface area contributed by atoms with Gasteiger partial charge >= 0.3 is 0 Å². The fraction of sp³-hybridized carbons (Fsp3) is 0.429. The molecule has 0 aliphatic rings. The van der Waals surface area contributed by atoms with Crippen molar-refractivity contribution in [2.75, 3.05) is 11.9 Å². The molecule has 7 nitrogen and oxygen atoms in total. The predicted octanol–water partition coefficient (Wildman–Crippen LogP) is 1.74. The molecule has 3 aromatic heterocycles. The van der Waals surface area contributed by atoms with Crippen molar-refractivity contribution < 1.29 is 0 Å². The Kier molecular flexibility index (Phi) is 3.55. The van der Waals surface area contributed by atoms with E-state index in [1.165, 1.54) is 0 Å². The Labute approximate surface area is 123 Å². The van der Waals surface area contributed by atoms with E-state index in [1.54, 1.807) is 17.1 Å². The molecular weight excluding hydrogens is 266 g/mol. The first-order chi connectivity index (χ1) is 10.2. The first-order valence-corrected chi connectivity index (χ1v) is 7.10. The topological polar surface area (TPSA) is 73.5 Å². The van der Waals surface area contributed by atoms with Gasteiger partial charge in [-0.2, -0.15) is 10.2 Å². The number of aryl methyl sites for hydroxylation is 2. The van der Waals surface area contributed by atoms with E-state index in [9.17, 15) is 0 Å². The maximum absolute atomic E-state index is 4.63. The van der Waals surface area contributed by atoms with Crippen LogP contribution in [0.5, 0.6) is 0 Å². The van der Waals surface area contributed by atoms with Crippen molar-refractivity contribution in [1.29, 1.82) is 0 Å². The SMILES string of the molecule is CCCNc1nc(Cn2nccc2C)nc2c1cnn2C. The summed E-state index contributed by atoms with van der Waals surface area (Å²) in [7, 11) is 1.89. The number of hydrogen-bond donors (Lipinski definition) is 1. The van der Waals surface area contributed by atoms with Crippen molar-refractivity contribution in [2.24, 2.45) is 7.05 Å². The molecule has 3 aromatic rings. The minimum atomic E-state index is 0.556. The number of anilines is 1. The Morgan fingerprint density at radius 3 is 2.81 bits per heavy atom. The van der Waals surface area contributed by atoms with Gasteiger partial charge in [0.1, 0.15) is 12.4 Å². The van der Waals surface area contributed by atoms with E-state index >= 15 is 0 Å². The van der Waals surface area contributed by atoms with Crippen LogP contribution >= 0.6 is 0 Å². The molecule has 0 aromatic carbocycles. The fourth-order valence-corrected chi connectivity index (χ4v) is 2.21. The summed E-state index contributed by atoms with van der Waals surface area (Å²) in [5.74, 6) is 1.58. The Balaban J connectivity index is 2.02. The van der Waals surface area contributed by atoms with Gasteiger partial charge in [0.15, 0.2) is 11.5 Å². The minimum Gasteiger partial charge on any atom is -0.369 e. The van der Waals surface area contributed by atoms with Crippen LogP contribution in [-0.2, 0) is 13.6 Å². The van der Waals surface area contributed by atoms with E-state index in [-0.39, 0.29) is 0 Å². The van der Waals surface area contributed by atoms with Crippen molar-refractivity contribution >= 4 is 16.9 Å². The van der Waals surface area contributed by atoms with Gasteiger partial charge in [-0.15, -0.1) is 0 Å². The lowest BCUT2D eigenvalue weighted by Crippen LogP contribution is -2.11. The lowest BCUT2D eigenvalue weighted by atomic mass is 10.3. The first-order valence-electron chi connectivity index (χ1n) is 7.10. The molecule has 0 aliphatic heterocycles. The van der Waals surface area contributed by atoms with E-state index in [0.29, 0.717) is 6.54 Å². The molecule has 110 valence electrons. The highest BCUT2D eigenvalue weighted by atomic mass is 15.3. The van der Waals surface area contributed by atoms with Crippen LogP contribution in [0.3, 0.4) is 0 Å². The van der Waals surface area contributed by atoms with Gasteiger partial charge in [-0.05, 0) is 19.4 Å². The smallest absolute Gasteiger partial charge is 0.163 e. The van der Waals surface area contributed by atoms with Crippen molar-refractivity contribution in [3.8, 4) is 0 Å². The highest BCUT2D eigenvalue weighted by Crippen LogP contribution is 2.20. The highest BCUT2D eigenvalue weighted by molar-refractivity contribution is 5.86. The lowest BCUT2D eigenvalue weighted by molar-refractivity contribution is 0.637. The van der Waals surface area contributed by atoms with Gasteiger partial charge in [-0.25, -0.2) is 9.97 Å². The summed E-state index contributed by atoms with van der Waals surface area (Å²) >= 11 is 0. The van der Waals surface area contributed by atoms with Crippen molar-refractivity contribution in [3.63, 3.8) is 0 Å². The molecule has 3 heterocycles. The molecule has 7 heteroatoms. The molecule has 0 aliphatic carbocycles. The second-order valence-electron chi connectivity index (χ2n) is 5.05. The van der Waals surface area contributed by atoms with Crippen LogP contribution in [0.15, 0.2) is 18.5 Å². The Morgan fingerprint density at radius 1 is 1.24 bits per heavy atom. The molecule has 0 atom stereocenters. The number of rotatable bonds is 5. The summed E-state index contributed by atoms with van der Waals surface area (Å²) in [6, 6.07) is 1.97. The molecule has 0 saturated carbocycles. The van der Waals surface area contributed by atoms with E-state index < -0.39 is 0 Å². The zero-order valence-corrected chi connectivity index (χ0v) is 12.5. The minimum absolute atomic E-state index is 0.556. The number of nitrogens with zero attached hydrogens (tertiary/aromatic N) is 6. The molecule has 1 N–H and O–H groups in total. The summed E-state index contributed by atoms with van der Waals surface area (Å²) in [6.45, 7) is 5.58. The van der Waals surface area contributed by atoms with Crippen molar-refractivity contribution in [3.05, 3.63) is 30.0 Å². The summed E-state index contributed by atoms with van der Waals surface area (Å²) < 4.78 is 3.66. The van der Waals surface area contributed by atoms with Gasteiger partial charge in [0.25, 0.3) is 0 Å². The van der Waals surface area contributed by atoms with E-state index in [1.807, 2.05) is 24.7 Å². The molecule has 0 amide bonds. The molecule has 0 spiro atoms. The molecule has 3 rings (SSSR count). The summed E-state index contributed by atoms with van der Waals surface area (Å²) in [6.07, 6.45) is 4.63. The second kappa shape index (κ2) is 5.51. The zero-order chi connectivity index (χ0) is 14.8. The standard InChI is InChI=1S/C14H19N7/c1-4-6-15-13-11-8-17-20(3)14(11)19-12(18-13)9-21-10(2)5-7-16-21/h5,7-8H,4,6,9H2,1-3H3,(H,15,18,19). The van der Waals surface area contributed by atoms with Crippen molar-refractivity contribution in [2.45, 2.75) is 26.8 Å². The predicted molar refractivity (Wildman–Crippen MR) is 81.2 cm³/mol. The van der Waals surface area contributed by atoms with E-state index in [0.717, 1.165) is 41.3 Å². The van der Waals surface area contributed by atoms with Crippen LogP contribution in [-0.4, -0.2) is 36.1 Å². The van der Waals surface area contributed by atoms with E-state index in [2.05, 4.69) is 32.4 Å². The molecule has 0 radical (unpaired) electrons. The molecular formula is C14H19N7. The second-order valence-corrected chi connectivity index (χ2v) is 5.05. The van der Waals surface area contributed by atoms with Gasteiger partial charge < -0.3 is 5.32 Å². The van der Waals surface area contributed by atoms with Crippen molar-refractivity contribution in [1.82, 2.24) is 29.5 Å². The average Bonchev–Trinajstić information content (AvgIpc) is 3.04. The van der Waals surface area contributed by atoms with Gasteiger partial charge in [-0.3, -0.25) is 9.36 Å². The monoisotopic (exact) mass is 285 g/mol. The average molecular weight is 285 g/mol. The van der Waals surface area contributed by atoms with Gasteiger partial charge in [0.05, 0.1) is 11.6 Å². The van der Waals surface area contributed by atoms with Crippen LogP contribution in [0.1, 0.15) is 24.9 Å². The fourth-order valence-electron chi connectivity index (χ4n) is 2.21. The van der Waals surface area contributed by atoms with Crippen LogP contribution in [0.25, 0.3) is 11.0 Å². The summed E-state index contributed by atoms with van der Waals surface area (Å²) in [5.41, 5.74) is 1.93. The maximum Gasteiger partial charge on any atom is 0.163 e. The van der Waals surface area contributed by atoms with Crippen LogP contribution < -0.4 is 5.32 Å². The maximum atomic E-state index is 4.63. The Hall–Kier alpha value is -2.44. The van der Waals surface area contributed by atoms with Crippen LogP contribution in [0, 0.1) is 6.92 Å². The van der Waals surface area contributed by atoms with Gasteiger partial charge in [0, 0.05) is 25.5 Å². The van der Waals surface area contributed by atoms with Gasteiger partial charge in [0.2, 0.25) is 0 Å². The quantitative estimate of drug-likeness (QED) is 0.773. The summed E-state index contributed by atoms with van der Waals surface area (Å²) in [5, 5.41) is 12.9. The van der Waals surface area contributed by atoms with Gasteiger partial charge in [-0.1, -0.05) is 6.92 Å². The number of hydrogen-bond acceptors (Lipinski definition) is 5.